The van der Waals surface area contributed by atoms with Gasteiger partial charge in [0, 0.05) is 17.0 Å². The fourth-order valence-corrected chi connectivity index (χ4v) is 6.81. The van der Waals surface area contributed by atoms with E-state index >= 15 is 0 Å². The van der Waals surface area contributed by atoms with Crippen LogP contribution in [0.3, 0.4) is 0 Å². The molecule has 0 saturated heterocycles. The summed E-state index contributed by atoms with van der Waals surface area (Å²) in [6, 6.07) is 13.7. The molecule has 1 atom stereocenters. The van der Waals surface area contributed by atoms with Crippen LogP contribution in [0, 0.1) is 0 Å². The van der Waals surface area contributed by atoms with Gasteiger partial charge in [0.05, 0.1) is 26.4 Å². The van der Waals surface area contributed by atoms with Crippen LogP contribution in [0.1, 0.15) is 127 Å². The van der Waals surface area contributed by atoms with Gasteiger partial charge in [0.1, 0.15) is 17.5 Å². The van der Waals surface area contributed by atoms with E-state index in [2.05, 4.69) is 30.4 Å². The summed E-state index contributed by atoms with van der Waals surface area (Å²) in [5, 5.41) is 4.15. The van der Waals surface area contributed by atoms with Crippen LogP contribution in [0.15, 0.2) is 58.7 Å². The van der Waals surface area contributed by atoms with E-state index in [1.165, 1.54) is 88.2 Å². The van der Waals surface area contributed by atoms with Crippen LogP contribution in [0.4, 0.5) is 0 Å². The molecule has 2 aromatic rings. The van der Waals surface area contributed by atoms with E-state index in [-0.39, 0.29) is 5.97 Å². The molecular weight excluding hydrogens is 580 g/mol. The quantitative estimate of drug-likeness (QED) is 0.109. The topological polar surface area (TPSA) is 69.2 Å². The summed E-state index contributed by atoms with van der Waals surface area (Å²) in [4.78, 5) is 18.4. The van der Waals surface area contributed by atoms with Gasteiger partial charge in [-0.05, 0) is 56.0 Å². The number of allylic oxidation sites excluding steroid dienone is 1. The smallest absolute Gasteiger partial charge is 0.338 e. The highest BCUT2D eigenvalue weighted by Gasteiger charge is 2.33. The Morgan fingerprint density at radius 1 is 0.822 bits per heavy atom. The second-order valence-corrected chi connectivity index (χ2v) is 12.8. The van der Waals surface area contributed by atoms with Crippen LogP contribution in [0.2, 0.25) is 0 Å². The Balaban J connectivity index is 1.65. The molecular formula is C38H56N2O4S. The first-order valence-electron chi connectivity index (χ1n) is 17.2. The number of aliphatic imine (C=N–C) groups is 1. The molecule has 45 heavy (non-hydrogen) atoms. The van der Waals surface area contributed by atoms with E-state index in [0.29, 0.717) is 12.2 Å². The lowest BCUT2D eigenvalue weighted by Crippen LogP contribution is -2.31. The Morgan fingerprint density at radius 2 is 1.44 bits per heavy atom. The van der Waals surface area contributed by atoms with Crippen molar-refractivity contribution in [2.45, 2.75) is 122 Å². The van der Waals surface area contributed by atoms with Gasteiger partial charge in [0.15, 0.2) is 5.17 Å². The fraction of sp³-hybridized carbons (Fsp3) is 0.579. The Labute approximate surface area is 276 Å². The predicted octanol–water partition coefficient (Wildman–Crippen LogP) is 10.1. The average molecular weight is 637 g/mol. The summed E-state index contributed by atoms with van der Waals surface area (Å²) in [5.41, 5.74) is 4.62. The molecule has 0 aliphatic carbocycles. The number of amidine groups is 1. The van der Waals surface area contributed by atoms with Gasteiger partial charge >= 0.3 is 5.97 Å². The predicted molar refractivity (Wildman–Crippen MR) is 189 cm³/mol. The molecule has 1 aliphatic heterocycles. The number of hydrogen-bond donors (Lipinski definition) is 1. The Bertz CT molecular complexity index is 1220. The molecule has 1 unspecified atom stereocenters. The minimum Gasteiger partial charge on any atom is -0.497 e. The minimum absolute atomic E-state index is 0.308. The highest BCUT2D eigenvalue weighted by molar-refractivity contribution is 8.13. The van der Waals surface area contributed by atoms with E-state index in [0.717, 1.165) is 46.5 Å². The molecule has 3 rings (SSSR count). The number of benzene rings is 2. The van der Waals surface area contributed by atoms with Crippen molar-refractivity contribution in [1.82, 2.24) is 5.32 Å². The van der Waals surface area contributed by atoms with Crippen molar-refractivity contribution in [3.8, 4) is 11.5 Å². The van der Waals surface area contributed by atoms with Crippen molar-refractivity contribution in [3.05, 3.63) is 70.4 Å². The van der Waals surface area contributed by atoms with E-state index in [1.807, 2.05) is 38.1 Å². The van der Waals surface area contributed by atoms with Crippen molar-refractivity contribution >= 4 is 22.9 Å². The fourth-order valence-electron chi connectivity index (χ4n) is 5.91. The maximum atomic E-state index is 13.3. The van der Waals surface area contributed by atoms with Crippen LogP contribution in [-0.4, -0.2) is 32.0 Å². The lowest BCUT2D eigenvalue weighted by atomic mass is 9.89. The number of unbranched alkanes of at least 4 members (excludes halogenated alkanes) is 12. The van der Waals surface area contributed by atoms with Crippen LogP contribution >= 0.6 is 11.8 Å². The van der Waals surface area contributed by atoms with Crippen LogP contribution in [0.25, 0.3) is 0 Å². The first kappa shape index (κ1) is 36.5. The molecule has 0 radical (unpaired) electrons. The van der Waals surface area contributed by atoms with E-state index in [4.69, 9.17) is 19.2 Å². The second kappa shape index (κ2) is 21.0. The van der Waals surface area contributed by atoms with E-state index in [1.54, 1.807) is 26.0 Å². The number of thioether (sulfide) groups is 1. The molecule has 0 fully saturated rings. The monoisotopic (exact) mass is 636 g/mol. The zero-order chi connectivity index (χ0) is 32.3. The lowest BCUT2D eigenvalue weighted by molar-refractivity contribution is -0.138. The van der Waals surface area contributed by atoms with E-state index < -0.39 is 6.04 Å². The standard InChI is InChI=1S/C38H56N2O4S/c1-6-8-9-10-11-12-13-14-15-16-17-18-19-21-31-22-20-23-33(43-5)35(31)36-34(37(41)44-7-2)29(3)39-38(40-36)45-28-30-24-26-32(42-4)27-25-30/h20,22-27,36H,6-19,21,28H2,1-5H3,(H,39,40). The summed E-state index contributed by atoms with van der Waals surface area (Å²) < 4.78 is 16.7. The largest absolute Gasteiger partial charge is 0.497 e. The Kier molecular flexibility index (Phi) is 17.0. The third kappa shape index (κ3) is 12.1. The first-order chi connectivity index (χ1) is 22.0. The maximum Gasteiger partial charge on any atom is 0.338 e. The van der Waals surface area contributed by atoms with Crippen molar-refractivity contribution in [2.75, 3.05) is 20.8 Å². The Hall–Kier alpha value is -2.93. The Morgan fingerprint density at radius 3 is 2.02 bits per heavy atom. The second-order valence-electron chi connectivity index (χ2n) is 11.9. The lowest BCUT2D eigenvalue weighted by Gasteiger charge is -2.28. The highest BCUT2D eigenvalue weighted by Crippen LogP contribution is 2.40. The summed E-state index contributed by atoms with van der Waals surface area (Å²) in [7, 11) is 3.37. The number of aryl methyl sites for hydroxylation is 1. The SMILES string of the molecule is CCCCCCCCCCCCCCCc1cccc(OC)c1C1N=C(SCc2ccc(OC)cc2)NC(C)=C1C(=O)OCC. The summed E-state index contributed by atoms with van der Waals surface area (Å²) in [6.45, 7) is 6.36. The normalized spacial score (nSPS) is 14.6. The molecule has 1 N–H and O–H groups in total. The van der Waals surface area contributed by atoms with Gasteiger partial charge in [0.2, 0.25) is 0 Å². The van der Waals surface area contributed by atoms with Gasteiger partial charge < -0.3 is 19.5 Å². The maximum absolute atomic E-state index is 13.3. The molecule has 0 bridgehead atoms. The first-order valence-corrected chi connectivity index (χ1v) is 18.1. The summed E-state index contributed by atoms with van der Waals surface area (Å²) in [5.74, 6) is 1.99. The number of carbonyl (C=O) groups excluding carboxylic acids is 1. The molecule has 6 nitrogen and oxygen atoms in total. The van der Waals surface area contributed by atoms with Gasteiger partial charge in [-0.3, -0.25) is 0 Å². The minimum atomic E-state index is -0.503. The number of esters is 1. The van der Waals surface area contributed by atoms with Gasteiger partial charge in [-0.1, -0.05) is 120 Å². The number of hydrogen-bond acceptors (Lipinski definition) is 7. The van der Waals surface area contributed by atoms with Gasteiger partial charge in [0.25, 0.3) is 0 Å². The average Bonchev–Trinajstić information content (AvgIpc) is 3.05. The summed E-state index contributed by atoms with van der Waals surface area (Å²) in [6.07, 6.45) is 18.2. The number of methoxy groups -OCH3 is 2. The van der Waals surface area contributed by atoms with Crippen LogP contribution < -0.4 is 14.8 Å². The van der Waals surface area contributed by atoms with Crippen molar-refractivity contribution in [2.24, 2.45) is 4.99 Å². The van der Waals surface area contributed by atoms with Crippen LogP contribution in [-0.2, 0) is 21.7 Å². The van der Waals surface area contributed by atoms with Gasteiger partial charge in [-0.15, -0.1) is 0 Å². The molecule has 7 heteroatoms. The van der Waals surface area contributed by atoms with Crippen molar-refractivity contribution in [3.63, 3.8) is 0 Å². The molecule has 1 aliphatic rings. The summed E-state index contributed by atoms with van der Waals surface area (Å²) >= 11 is 1.62. The molecule has 0 saturated carbocycles. The zero-order valence-corrected chi connectivity index (χ0v) is 29.2. The molecule has 248 valence electrons. The number of carbonyl (C=O) groups is 1. The van der Waals surface area contributed by atoms with Crippen molar-refractivity contribution in [1.29, 1.82) is 0 Å². The highest BCUT2D eigenvalue weighted by atomic mass is 32.2. The number of nitrogens with zero attached hydrogens (tertiary/aromatic N) is 1. The molecule has 0 amide bonds. The van der Waals surface area contributed by atoms with Crippen LogP contribution in [0.5, 0.6) is 11.5 Å². The van der Waals surface area contributed by atoms with Crippen molar-refractivity contribution < 1.29 is 19.0 Å². The number of ether oxygens (including phenoxy) is 3. The number of nitrogens with one attached hydrogen (secondary N) is 1. The van der Waals surface area contributed by atoms with Gasteiger partial charge in [-0.25, -0.2) is 9.79 Å². The van der Waals surface area contributed by atoms with E-state index in [9.17, 15) is 4.79 Å². The third-order valence-corrected chi connectivity index (χ3v) is 9.41. The molecule has 1 heterocycles. The molecule has 2 aromatic carbocycles. The number of rotatable bonds is 21. The molecule has 0 aromatic heterocycles. The van der Waals surface area contributed by atoms with Gasteiger partial charge in [-0.2, -0.15) is 0 Å². The molecule has 0 spiro atoms. The third-order valence-electron chi connectivity index (χ3n) is 8.45. The zero-order valence-electron chi connectivity index (χ0n) is 28.4.